The number of phenolic OH excluding ortho intramolecular Hbond substituents is 1. The number of aryl methyl sites for hydroxylation is 2. The summed E-state index contributed by atoms with van der Waals surface area (Å²) in [4.78, 5) is 19.6. The zero-order chi connectivity index (χ0) is 29.9. The van der Waals surface area contributed by atoms with Gasteiger partial charge in [-0.05, 0) is 49.9 Å². The molecule has 0 saturated carbocycles. The highest BCUT2D eigenvalue weighted by Gasteiger charge is 2.48. The Bertz CT molecular complexity index is 1710. The van der Waals surface area contributed by atoms with Gasteiger partial charge in [-0.2, -0.15) is 0 Å². The van der Waals surface area contributed by atoms with E-state index in [2.05, 4.69) is 16.9 Å². The van der Waals surface area contributed by atoms with E-state index in [1.54, 1.807) is 32.9 Å². The molecule has 2 aromatic carbocycles. The van der Waals surface area contributed by atoms with E-state index in [9.17, 15) is 18.3 Å². The number of nitrogens with one attached hydrogen (secondary N) is 1. The number of oxazole rings is 1. The fourth-order valence-corrected chi connectivity index (χ4v) is 7.87. The van der Waals surface area contributed by atoms with E-state index >= 15 is 4.39 Å². The van der Waals surface area contributed by atoms with Gasteiger partial charge in [0.05, 0.1) is 16.3 Å². The number of ether oxygens (including phenoxy) is 1. The Morgan fingerprint density at radius 1 is 1.32 bits per heavy atom. The van der Waals surface area contributed by atoms with Crippen LogP contribution in [0.5, 0.6) is 11.5 Å². The molecule has 3 aromatic rings. The minimum absolute atomic E-state index is 0.0560. The Labute approximate surface area is 238 Å². The highest BCUT2D eigenvalue weighted by Crippen LogP contribution is 2.52. The number of hydrogen-bond donors (Lipinski definition) is 2. The molecule has 9 nitrogen and oxygen atoms in total. The lowest BCUT2D eigenvalue weighted by Gasteiger charge is -2.37. The molecule has 0 saturated heterocycles. The molecule has 41 heavy (non-hydrogen) atoms. The fourth-order valence-electron chi connectivity index (χ4n) is 5.52. The normalized spacial score (nSPS) is 19.9. The van der Waals surface area contributed by atoms with Gasteiger partial charge < -0.3 is 19.6 Å². The van der Waals surface area contributed by atoms with E-state index in [1.807, 2.05) is 13.8 Å². The van der Waals surface area contributed by atoms with Gasteiger partial charge in [0.2, 0.25) is 0 Å². The molecule has 0 radical (unpaired) electrons. The molecule has 2 atom stereocenters. The lowest BCUT2D eigenvalue weighted by atomic mass is 9.88. The molecule has 11 heteroatoms. The molecule has 0 bridgehead atoms. The summed E-state index contributed by atoms with van der Waals surface area (Å²) in [7, 11) is -4.06. The lowest BCUT2D eigenvalue weighted by molar-refractivity contribution is 0.0974. The number of allylic oxidation sites excluding steroid dienone is 1. The van der Waals surface area contributed by atoms with Gasteiger partial charge in [0, 0.05) is 24.3 Å². The van der Waals surface area contributed by atoms with Crippen molar-refractivity contribution >= 4 is 27.1 Å². The third-order valence-corrected chi connectivity index (χ3v) is 9.48. The van der Waals surface area contributed by atoms with Gasteiger partial charge in [-0.15, -0.1) is 0 Å². The standard InChI is InChI=1S/C30H32FN3O6S/c1-7-16(2)39-19-11-12-20(21(31)13-19)27-28-22(14-30(5,6)15-41(28,37)38)33-26-23(9-8-10-24(26)35)34(27)29(36)25-17(3)40-18(4)32-25/h7-13,16,27,33,35H,1,14-15H2,2-6H3. The van der Waals surface area contributed by atoms with Crippen molar-refractivity contribution in [3.8, 4) is 11.5 Å². The van der Waals surface area contributed by atoms with Gasteiger partial charge >= 0.3 is 0 Å². The largest absolute Gasteiger partial charge is 0.506 e. The third kappa shape index (κ3) is 5.10. The number of carbonyl (C=O) groups is 1. The summed E-state index contributed by atoms with van der Waals surface area (Å²) in [6.07, 6.45) is 1.43. The molecule has 2 unspecified atom stereocenters. The molecule has 0 aliphatic carbocycles. The van der Waals surface area contributed by atoms with Crippen LogP contribution in [0.15, 0.2) is 64.1 Å². The van der Waals surface area contributed by atoms with Crippen molar-refractivity contribution in [2.75, 3.05) is 16.0 Å². The third-order valence-electron chi connectivity index (χ3n) is 7.18. The Morgan fingerprint density at radius 3 is 2.68 bits per heavy atom. The quantitative estimate of drug-likeness (QED) is 0.280. The number of aromatic hydroxyl groups is 1. The Kier molecular flexibility index (Phi) is 6.97. The Morgan fingerprint density at radius 2 is 2.05 bits per heavy atom. The number of hydrogen-bond acceptors (Lipinski definition) is 8. The number of aromatic nitrogens is 1. The number of carbonyl (C=O) groups excluding carboxylic acids is 1. The van der Waals surface area contributed by atoms with Crippen molar-refractivity contribution in [3.05, 3.63) is 88.4 Å². The summed E-state index contributed by atoms with van der Waals surface area (Å²) in [6, 6.07) is 7.18. The first-order chi connectivity index (χ1) is 19.2. The molecular formula is C30H32FN3O6S. The van der Waals surface area contributed by atoms with E-state index in [-0.39, 0.29) is 68.6 Å². The molecule has 3 heterocycles. The second kappa shape index (κ2) is 10.1. The van der Waals surface area contributed by atoms with Gasteiger partial charge in [-0.1, -0.05) is 32.6 Å². The SMILES string of the molecule is C=CC(C)Oc1ccc(C2C3=C(CC(C)(C)CS3(=O)=O)Nc3c(O)cccc3N2C(=O)c2nc(C)oc2C)c(F)c1. The van der Waals surface area contributed by atoms with E-state index in [4.69, 9.17) is 9.15 Å². The molecule has 216 valence electrons. The first kappa shape index (κ1) is 28.4. The Balaban J connectivity index is 1.84. The molecule has 5 rings (SSSR count). The van der Waals surface area contributed by atoms with Crippen LogP contribution in [0.3, 0.4) is 0 Å². The van der Waals surface area contributed by atoms with Crippen LogP contribution < -0.4 is 15.0 Å². The van der Waals surface area contributed by atoms with E-state index in [1.165, 1.54) is 29.2 Å². The maximum atomic E-state index is 16.1. The van der Waals surface area contributed by atoms with Crippen LogP contribution in [-0.2, 0) is 9.84 Å². The van der Waals surface area contributed by atoms with Gasteiger partial charge in [-0.3, -0.25) is 9.69 Å². The van der Waals surface area contributed by atoms with Crippen molar-refractivity contribution in [3.63, 3.8) is 0 Å². The van der Waals surface area contributed by atoms with Gasteiger partial charge in [-0.25, -0.2) is 17.8 Å². The van der Waals surface area contributed by atoms with Crippen molar-refractivity contribution in [1.82, 2.24) is 4.98 Å². The minimum Gasteiger partial charge on any atom is -0.506 e. The second-order valence-electron chi connectivity index (χ2n) is 11.2. The molecule has 1 aromatic heterocycles. The van der Waals surface area contributed by atoms with Crippen molar-refractivity contribution in [2.24, 2.45) is 5.41 Å². The fraction of sp³-hybridized carbons (Fsp3) is 0.333. The van der Waals surface area contributed by atoms with Crippen LogP contribution in [0.1, 0.15) is 60.9 Å². The number of benzene rings is 2. The van der Waals surface area contributed by atoms with Crippen molar-refractivity contribution in [1.29, 1.82) is 0 Å². The number of phenols is 1. The molecule has 0 fully saturated rings. The van der Waals surface area contributed by atoms with Crippen LogP contribution >= 0.6 is 0 Å². The number of anilines is 2. The summed E-state index contributed by atoms with van der Waals surface area (Å²) in [6.45, 7) is 12.2. The highest BCUT2D eigenvalue weighted by molar-refractivity contribution is 7.95. The first-order valence-electron chi connectivity index (χ1n) is 13.1. The summed E-state index contributed by atoms with van der Waals surface area (Å²) in [5, 5.41) is 14.0. The molecule has 2 aliphatic rings. The smallest absolute Gasteiger partial charge is 0.281 e. The molecule has 1 amide bonds. The number of nitrogens with zero attached hydrogens (tertiary/aromatic N) is 2. The molecule has 2 N–H and O–H groups in total. The summed E-state index contributed by atoms with van der Waals surface area (Å²) in [5.41, 5.74) is -0.236. The monoisotopic (exact) mass is 581 g/mol. The predicted molar refractivity (Wildman–Crippen MR) is 153 cm³/mol. The van der Waals surface area contributed by atoms with Crippen LogP contribution in [-0.4, -0.2) is 36.3 Å². The van der Waals surface area contributed by atoms with Crippen LogP contribution in [0.4, 0.5) is 15.8 Å². The molecule has 2 aliphatic heterocycles. The van der Waals surface area contributed by atoms with Gasteiger partial charge in [0.15, 0.2) is 21.4 Å². The lowest BCUT2D eigenvalue weighted by Crippen LogP contribution is -2.41. The van der Waals surface area contributed by atoms with E-state index in [0.29, 0.717) is 0 Å². The predicted octanol–water partition coefficient (Wildman–Crippen LogP) is 5.96. The number of rotatable bonds is 5. The first-order valence-corrected chi connectivity index (χ1v) is 14.8. The topological polar surface area (TPSA) is 122 Å². The summed E-state index contributed by atoms with van der Waals surface area (Å²) >= 11 is 0. The zero-order valence-corrected chi connectivity index (χ0v) is 24.3. The average molecular weight is 582 g/mol. The molecular weight excluding hydrogens is 549 g/mol. The maximum absolute atomic E-state index is 16.1. The van der Waals surface area contributed by atoms with E-state index < -0.39 is 39.1 Å². The summed E-state index contributed by atoms with van der Waals surface area (Å²) in [5.74, 6) is -1.24. The number of halogens is 1. The minimum atomic E-state index is -4.06. The number of para-hydroxylation sites is 1. The maximum Gasteiger partial charge on any atom is 0.281 e. The average Bonchev–Trinajstić information content (AvgIpc) is 3.12. The number of amides is 1. The van der Waals surface area contributed by atoms with Gasteiger partial charge in [0.25, 0.3) is 5.91 Å². The van der Waals surface area contributed by atoms with E-state index in [0.717, 1.165) is 6.07 Å². The van der Waals surface area contributed by atoms with Crippen LogP contribution in [0.25, 0.3) is 0 Å². The molecule has 0 spiro atoms. The highest BCUT2D eigenvalue weighted by atomic mass is 32.2. The number of sulfone groups is 1. The van der Waals surface area contributed by atoms with Crippen LogP contribution in [0.2, 0.25) is 0 Å². The van der Waals surface area contributed by atoms with Crippen LogP contribution in [0, 0.1) is 25.1 Å². The number of fused-ring (bicyclic) bond motifs is 1. The Hall–Kier alpha value is -4.12. The van der Waals surface area contributed by atoms with Gasteiger partial charge in [0.1, 0.15) is 40.9 Å². The van der Waals surface area contributed by atoms with Crippen molar-refractivity contribution in [2.45, 2.75) is 53.2 Å². The zero-order valence-electron chi connectivity index (χ0n) is 23.5. The van der Waals surface area contributed by atoms with Crippen molar-refractivity contribution < 1.29 is 31.9 Å². The second-order valence-corrected chi connectivity index (χ2v) is 13.2. The summed E-state index contributed by atoms with van der Waals surface area (Å²) < 4.78 is 55.4.